The molecule has 1 aromatic carbocycles. The van der Waals surface area contributed by atoms with Crippen molar-refractivity contribution in [3.05, 3.63) is 23.8 Å². The Bertz CT molecular complexity index is 320. The SMILES string of the molecule is Cc1cc(N)cc(NCC2CCCCC2)c1. The molecule has 3 N–H and O–H groups in total. The largest absolute Gasteiger partial charge is 0.399 e. The molecule has 1 saturated carbocycles. The van der Waals surface area contributed by atoms with Gasteiger partial charge in [-0.1, -0.05) is 19.3 Å². The normalized spacial score (nSPS) is 17.3. The second-order valence-corrected chi connectivity index (χ2v) is 5.02. The maximum Gasteiger partial charge on any atom is 0.0363 e. The van der Waals surface area contributed by atoms with Gasteiger partial charge in [0.05, 0.1) is 0 Å². The molecule has 2 nitrogen and oxygen atoms in total. The first-order valence-corrected chi connectivity index (χ1v) is 6.35. The van der Waals surface area contributed by atoms with Gasteiger partial charge in [0.2, 0.25) is 0 Å². The lowest BCUT2D eigenvalue weighted by atomic mass is 9.89. The minimum atomic E-state index is 0.853. The zero-order valence-electron chi connectivity index (χ0n) is 10.1. The summed E-state index contributed by atoms with van der Waals surface area (Å²) in [4.78, 5) is 0. The van der Waals surface area contributed by atoms with Gasteiger partial charge in [0.15, 0.2) is 0 Å². The summed E-state index contributed by atoms with van der Waals surface area (Å²) in [6.45, 7) is 3.19. The first kappa shape index (κ1) is 11.3. The first-order valence-electron chi connectivity index (χ1n) is 6.35. The molecule has 0 unspecified atom stereocenters. The minimum absolute atomic E-state index is 0.853. The molecule has 0 aliphatic heterocycles. The Balaban J connectivity index is 1.88. The third-order valence-electron chi connectivity index (χ3n) is 3.42. The molecular formula is C14H22N2. The Kier molecular flexibility index (Phi) is 3.70. The molecular weight excluding hydrogens is 196 g/mol. The molecule has 16 heavy (non-hydrogen) atoms. The van der Waals surface area contributed by atoms with Crippen molar-refractivity contribution in [3.8, 4) is 0 Å². The number of benzene rings is 1. The highest BCUT2D eigenvalue weighted by atomic mass is 14.9. The van der Waals surface area contributed by atoms with Crippen molar-refractivity contribution < 1.29 is 0 Å². The van der Waals surface area contributed by atoms with E-state index in [0.29, 0.717) is 0 Å². The van der Waals surface area contributed by atoms with Crippen LogP contribution in [0.5, 0.6) is 0 Å². The smallest absolute Gasteiger partial charge is 0.0363 e. The predicted molar refractivity (Wildman–Crippen MR) is 70.7 cm³/mol. The lowest BCUT2D eigenvalue weighted by Gasteiger charge is -2.22. The van der Waals surface area contributed by atoms with E-state index < -0.39 is 0 Å². The van der Waals surface area contributed by atoms with Gasteiger partial charge in [-0.15, -0.1) is 0 Å². The van der Waals surface area contributed by atoms with Crippen LogP contribution in [0.15, 0.2) is 18.2 Å². The Morgan fingerprint density at radius 2 is 1.94 bits per heavy atom. The van der Waals surface area contributed by atoms with Crippen molar-refractivity contribution >= 4 is 11.4 Å². The number of aryl methyl sites for hydroxylation is 1. The number of rotatable bonds is 3. The third kappa shape index (κ3) is 3.16. The molecule has 1 aromatic rings. The highest BCUT2D eigenvalue weighted by Gasteiger charge is 2.12. The molecule has 0 aromatic heterocycles. The summed E-state index contributed by atoms with van der Waals surface area (Å²) in [5, 5.41) is 3.52. The molecule has 0 amide bonds. The summed E-state index contributed by atoms with van der Waals surface area (Å²) >= 11 is 0. The molecule has 0 spiro atoms. The van der Waals surface area contributed by atoms with E-state index in [2.05, 4.69) is 18.3 Å². The lowest BCUT2D eigenvalue weighted by Crippen LogP contribution is -2.17. The van der Waals surface area contributed by atoms with Crippen molar-refractivity contribution in [1.29, 1.82) is 0 Å². The summed E-state index contributed by atoms with van der Waals surface area (Å²) in [6, 6.07) is 6.20. The molecule has 0 bridgehead atoms. The molecule has 1 fully saturated rings. The first-order chi connectivity index (χ1) is 7.74. The summed E-state index contributed by atoms with van der Waals surface area (Å²) in [5.41, 5.74) is 9.08. The monoisotopic (exact) mass is 218 g/mol. The molecule has 88 valence electrons. The molecule has 0 saturated heterocycles. The van der Waals surface area contributed by atoms with Crippen LogP contribution in [0.1, 0.15) is 37.7 Å². The minimum Gasteiger partial charge on any atom is -0.399 e. The summed E-state index contributed by atoms with van der Waals surface area (Å²) in [6.07, 6.45) is 7.00. The zero-order chi connectivity index (χ0) is 11.4. The summed E-state index contributed by atoms with van der Waals surface area (Å²) in [7, 11) is 0. The van der Waals surface area contributed by atoms with Gasteiger partial charge in [-0.3, -0.25) is 0 Å². The van der Waals surface area contributed by atoms with Gasteiger partial charge in [-0.25, -0.2) is 0 Å². The molecule has 2 rings (SSSR count). The molecule has 0 radical (unpaired) electrons. The molecule has 0 heterocycles. The Hall–Kier alpha value is -1.18. The van der Waals surface area contributed by atoms with Crippen molar-refractivity contribution in [3.63, 3.8) is 0 Å². The van der Waals surface area contributed by atoms with Gasteiger partial charge < -0.3 is 11.1 Å². The van der Waals surface area contributed by atoms with Crippen molar-refractivity contribution in [2.45, 2.75) is 39.0 Å². The van der Waals surface area contributed by atoms with Gasteiger partial charge in [-0.05, 0) is 49.4 Å². The van der Waals surface area contributed by atoms with Crippen LogP contribution in [-0.4, -0.2) is 6.54 Å². The van der Waals surface area contributed by atoms with Crippen LogP contribution in [-0.2, 0) is 0 Å². The van der Waals surface area contributed by atoms with Crippen LogP contribution in [0.3, 0.4) is 0 Å². The maximum absolute atomic E-state index is 5.83. The number of anilines is 2. The third-order valence-corrected chi connectivity index (χ3v) is 3.42. The van der Waals surface area contributed by atoms with Crippen LogP contribution in [0.25, 0.3) is 0 Å². The quantitative estimate of drug-likeness (QED) is 0.761. The van der Waals surface area contributed by atoms with Gasteiger partial charge in [0.25, 0.3) is 0 Å². The Morgan fingerprint density at radius 1 is 1.19 bits per heavy atom. The number of hydrogen-bond acceptors (Lipinski definition) is 2. The van der Waals surface area contributed by atoms with Crippen molar-refractivity contribution in [2.24, 2.45) is 5.92 Å². The molecule has 2 heteroatoms. The van der Waals surface area contributed by atoms with E-state index >= 15 is 0 Å². The molecule has 1 aliphatic carbocycles. The van der Waals surface area contributed by atoms with E-state index in [-0.39, 0.29) is 0 Å². The highest BCUT2D eigenvalue weighted by Crippen LogP contribution is 2.24. The predicted octanol–water partition coefficient (Wildman–Crippen LogP) is 3.57. The average molecular weight is 218 g/mol. The number of nitrogens with two attached hydrogens (primary N) is 1. The topological polar surface area (TPSA) is 38.0 Å². The van der Waals surface area contributed by atoms with E-state index in [9.17, 15) is 0 Å². The van der Waals surface area contributed by atoms with E-state index in [0.717, 1.165) is 18.2 Å². The van der Waals surface area contributed by atoms with Crippen molar-refractivity contribution in [2.75, 3.05) is 17.6 Å². The summed E-state index contributed by atoms with van der Waals surface area (Å²) < 4.78 is 0. The fraction of sp³-hybridized carbons (Fsp3) is 0.571. The molecule has 0 atom stereocenters. The van der Waals surface area contributed by atoms with E-state index in [1.165, 1.54) is 43.4 Å². The van der Waals surface area contributed by atoms with Crippen LogP contribution in [0.2, 0.25) is 0 Å². The second-order valence-electron chi connectivity index (χ2n) is 5.02. The zero-order valence-corrected chi connectivity index (χ0v) is 10.1. The van der Waals surface area contributed by atoms with Gasteiger partial charge in [0, 0.05) is 17.9 Å². The standard InChI is InChI=1S/C14H22N2/c1-11-7-13(15)9-14(8-11)16-10-12-5-3-2-4-6-12/h7-9,12,16H,2-6,10,15H2,1H3. The molecule has 1 aliphatic rings. The van der Waals surface area contributed by atoms with Gasteiger partial charge in [0.1, 0.15) is 0 Å². The lowest BCUT2D eigenvalue weighted by molar-refractivity contribution is 0.373. The van der Waals surface area contributed by atoms with Crippen molar-refractivity contribution in [1.82, 2.24) is 0 Å². The van der Waals surface area contributed by atoms with Crippen LogP contribution < -0.4 is 11.1 Å². The average Bonchev–Trinajstić information content (AvgIpc) is 2.27. The van der Waals surface area contributed by atoms with E-state index in [1.54, 1.807) is 0 Å². The highest BCUT2D eigenvalue weighted by molar-refractivity contribution is 5.56. The Labute approximate surface area is 98.2 Å². The van der Waals surface area contributed by atoms with E-state index in [4.69, 9.17) is 5.73 Å². The van der Waals surface area contributed by atoms with Crippen LogP contribution >= 0.6 is 0 Å². The Morgan fingerprint density at radius 3 is 2.62 bits per heavy atom. The van der Waals surface area contributed by atoms with Crippen LogP contribution in [0, 0.1) is 12.8 Å². The number of nitrogen functional groups attached to an aromatic ring is 1. The van der Waals surface area contributed by atoms with E-state index in [1.807, 2.05) is 12.1 Å². The second kappa shape index (κ2) is 5.24. The van der Waals surface area contributed by atoms with Gasteiger partial charge >= 0.3 is 0 Å². The number of hydrogen-bond donors (Lipinski definition) is 2. The number of nitrogens with one attached hydrogen (secondary N) is 1. The van der Waals surface area contributed by atoms with Gasteiger partial charge in [-0.2, -0.15) is 0 Å². The summed E-state index contributed by atoms with van der Waals surface area (Å²) in [5.74, 6) is 0.857. The van der Waals surface area contributed by atoms with Crippen LogP contribution in [0.4, 0.5) is 11.4 Å². The fourth-order valence-electron chi connectivity index (χ4n) is 2.57. The fourth-order valence-corrected chi connectivity index (χ4v) is 2.57. The maximum atomic E-state index is 5.83.